The first-order valence-electron chi connectivity index (χ1n) is 8.19. The Morgan fingerprint density at radius 3 is 2.16 bits per heavy atom. The van der Waals surface area contributed by atoms with Crippen molar-refractivity contribution in [2.24, 2.45) is 5.92 Å². The number of carbonyl (C=O) groups is 1. The van der Waals surface area contributed by atoms with Crippen molar-refractivity contribution in [2.75, 3.05) is 19.7 Å². The van der Waals surface area contributed by atoms with Crippen LogP contribution in [0.25, 0.3) is 0 Å². The molecule has 0 aromatic rings. The molecule has 0 aromatic heterocycles. The molecule has 0 aliphatic carbocycles. The van der Waals surface area contributed by atoms with Crippen molar-refractivity contribution in [3.8, 4) is 0 Å². The third kappa shape index (κ3) is 6.42. The molecule has 1 rings (SSSR count). The summed E-state index contributed by atoms with van der Waals surface area (Å²) in [6.45, 7) is 4.26. The molecule has 1 aliphatic heterocycles. The molecule has 1 N–H and O–H groups in total. The predicted octanol–water partition coefficient (Wildman–Crippen LogP) is 3.36. The molecule has 112 valence electrons. The van der Waals surface area contributed by atoms with Gasteiger partial charge in [0.1, 0.15) is 0 Å². The topological polar surface area (TPSA) is 40.5 Å². The Labute approximate surface area is 118 Å². The van der Waals surface area contributed by atoms with Gasteiger partial charge in [-0.2, -0.15) is 0 Å². The first-order valence-corrected chi connectivity index (χ1v) is 8.19. The minimum Gasteiger partial charge on any atom is -0.396 e. The van der Waals surface area contributed by atoms with Crippen molar-refractivity contribution in [2.45, 2.75) is 71.1 Å². The molecule has 1 heterocycles. The van der Waals surface area contributed by atoms with Crippen LogP contribution in [0.15, 0.2) is 0 Å². The van der Waals surface area contributed by atoms with Crippen LogP contribution < -0.4 is 0 Å². The number of likely N-dealkylation sites (tertiary alicyclic amines) is 1. The first kappa shape index (κ1) is 16.5. The molecule has 3 nitrogen and oxygen atoms in total. The molecule has 1 fully saturated rings. The molecule has 3 heteroatoms. The van der Waals surface area contributed by atoms with Gasteiger partial charge in [0.25, 0.3) is 0 Å². The van der Waals surface area contributed by atoms with Crippen LogP contribution in [0.4, 0.5) is 0 Å². The number of carbonyl (C=O) groups excluding carboxylic acids is 1. The van der Waals surface area contributed by atoms with Crippen LogP contribution in [0.3, 0.4) is 0 Å². The SMILES string of the molecule is CCN1CCC(CCCCCCCCCCO)C1=O. The number of hydrogen-bond acceptors (Lipinski definition) is 2. The van der Waals surface area contributed by atoms with E-state index >= 15 is 0 Å². The third-order valence-electron chi connectivity index (χ3n) is 4.25. The molecule has 1 amide bonds. The van der Waals surface area contributed by atoms with Gasteiger partial charge in [0.15, 0.2) is 0 Å². The number of rotatable bonds is 11. The maximum absolute atomic E-state index is 11.9. The van der Waals surface area contributed by atoms with Crippen LogP contribution in [0.1, 0.15) is 71.1 Å². The Morgan fingerprint density at radius 2 is 1.63 bits per heavy atom. The summed E-state index contributed by atoms with van der Waals surface area (Å²) >= 11 is 0. The van der Waals surface area contributed by atoms with E-state index in [1.807, 2.05) is 4.90 Å². The zero-order chi connectivity index (χ0) is 13.9. The minimum atomic E-state index is 0.324. The van der Waals surface area contributed by atoms with E-state index in [-0.39, 0.29) is 0 Å². The quantitative estimate of drug-likeness (QED) is 0.584. The van der Waals surface area contributed by atoms with E-state index in [0.717, 1.165) is 32.4 Å². The fourth-order valence-electron chi connectivity index (χ4n) is 2.95. The number of amides is 1. The van der Waals surface area contributed by atoms with Crippen molar-refractivity contribution in [1.29, 1.82) is 0 Å². The van der Waals surface area contributed by atoms with E-state index in [1.54, 1.807) is 0 Å². The van der Waals surface area contributed by atoms with Gasteiger partial charge in [-0.25, -0.2) is 0 Å². The molecule has 1 aliphatic rings. The molecule has 1 atom stereocenters. The van der Waals surface area contributed by atoms with Gasteiger partial charge in [-0.1, -0.05) is 44.9 Å². The molecular weight excluding hydrogens is 238 g/mol. The molecule has 1 saturated heterocycles. The molecule has 0 radical (unpaired) electrons. The molecule has 0 spiro atoms. The van der Waals surface area contributed by atoms with Crippen molar-refractivity contribution >= 4 is 5.91 Å². The average Bonchev–Trinajstić information content (AvgIpc) is 2.78. The standard InChI is InChI=1S/C16H31NO2/c1-2-17-13-12-15(16(17)19)11-9-7-5-3-4-6-8-10-14-18/h15,18H,2-14H2,1H3. The second-order valence-corrected chi connectivity index (χ2v) is 5.74. The number of unbranched alkanes of at least 4 members (excludes halogenated alkanes) is 7. The lowest BCUT2D eigenvalue weighted by Gasteiger charge is -2.13. The molecule has 19 heavy (non-hydrogen) atoms. The smallest absolute Gasteiger partial charge is 0.225 e. The van der Waals surface area contributed by atoms with Crippen LogP contribution >= 0.6 is 0 Å². The Hall–Kier alpha value is -0.570. The monoisotopic (exact) mass is 269 g/mol. The Bertz CT molecular complexity index is 243. The second kappa shape index (κ2) is 10.2. The normalized spacial score (nSPS) is 19.4. The summed E-state index contributed by atoms with van der Waals surface area (Å²) in [5.41, 5.74) is 0. The first-order chi connectivity index (χ1) is 9.29. The van der Waals surface area contributed by atoms with Gasteiger partial charge in [0.05, 0.1) is 0 Å². The lowest BCUT2D eigenvalue weighted by Crippen LogP contribution is -2.26. The largest absolute Gasteiger partial charge is 0.396 e. The summed E-state index contributed by atoms with van der Waals surface area (Å²) in [6, 6.07) is 0. The van der Waals surface area contributed by atoms with Crippen LogP contribution in [0.2, 0.25) is 0 Å². The van der Waals surface area contributed by atoms with Crippen molar-refractivity contribution in [3.05, 3.63) is 0 Å². The van der Waals surface area contributed by atoms with Crippen molar-refractivity contribution in [3.63, 3.8) is 0 Å². The summed E-state index contributed by atoms with van der Waals surface area (Å²) in [7, 11) is 0. The Balaban J connectivity index is 1.90. The maximum Gasteiger partial charge on any atom is 0.225 e. The van der Waals surface area contributed by atoms with Gasteiger partial charge < -0.3 is 10.0 Å². The van der Waals surface area contributed by atoms with Gasteiger partial charge in [-0.3, -0.25) is 4.79 Å². The lowest BCUT2D eigenvalue weighted by atomic mass is 9.99. The molecular formula is C16H31NO2. The highest BCUT2D eigenvalue weighted by Gasteiger charge is 2.29. The lowest BCUT2D eigenvalue weighted by molar-refractivity contribution is -0.130. The predicted molar refractivity (Wildman–Crippen MR) is 79.0 cm³/mol. The summed E-state index contributed by atoms with van der Waals surface area (Å²) < 4.78 is 0. The highest BCUT2D eigenvalue weighted by atomic mass is 16.2. The Kier molecular flexibility index (Phi) is 8.89. The number of hydrogen-bond donors (Lipinski definition) is 1. The number of aliphatic hydroxyl groups excluding tert-OH is 1. The van der Waals surface area contributed by atoms with Gasteiger partial charge in [0, 0.05) is 25.6 Å². The van der Waals surface area contributed by atoms with Gasteiger partial charge in [0.2, 0.25) is 5.91 Å². The van der Waals surface area contributed by atoms with Crippen molar-refractivity contribution < 1.29 is 9.90 Å². The zero-order valence-corrected chi connectivity index (χ0v) is 12.6. The van der Waals surface area contributed by atoms with Crippen LogP contribution in [-0.2, 0) is 4.79 Å². The van der Waals surface area contributed by atoms with E-state index in [2.05, 4.69) is 6.92 Å². The van der Waals surface area contributed by atoms with E-state index in [4.69, 9.17) is 5.11 Å². The van der Waals surface area contributed by atoms with Gasteiger partial charge in [-0.05, 0) is 26.2 Å². The van der Waals surface area contributed by atoms with E-state index in [9.17, 15) is 4.79 Å². The molecule has 1 unspecified atom stereocenters. The average molecular weight is 269 g/mol. The van der Waals surface area contributed by atoms with E-state index in [1.165, 1.54) is 44.9 Å². The van der Waals surface area contributed by atoms with E-state index < -0.39 is 0 Å². The second-order valence-electron chi connectivity index (χ2n) is 5.74. The highest BCUT2D eigenvalue weighted by Crippen LogP contribution is 2.23. The van der Waals surface area contributed by atoms with Crippen LogP contribution in [0.5, 0.6) is 0 Å². The fourth-order valence-corrected chi connectivity index (χ4v) is 2.95. The zero-order valence-electron chi connectivity index (χ0n) is 12.6. The summed E-state index contributed by atoms with van der Waals surface area (Å²) in [6.07, 6.45) is 12.0. The van der Waals surface area contributed by atoms with Crippen LogP contribution in [-0.4, -0.2) is 35.6 Å². The fraction of sp³-hybridized carbons (Fsp3) is 0.938. The summed E-state index contributed by atoms with van der Waals surface area (Å²) in [5.74, 6) is 0.719. The van der Waals surface area contributed by atoms with Crippen LogP contribution in [0, 0.1) is 5.92 Å². The van der Waals surface area contributed by atoms with Gasteiger partial charge >= 0.3 is 0 Å². The third-order valence-corrected chi connectivity index (χ3v) is 4.25. The minimum absolute atomic E-state index is 0.324. The number of aliphatic hydroxyl groups is 1. The maximum atomic E-state index is 11.9. The molecule has 0 bridgehead atoms. The number of nitrogens with zero attached hydrogens (tertiary/aromatic N) is 1. The molecule has 0 aromatic carbocycles. The van der Waals surface area contributed by atoms with Crippen molar-refractivity contribution in [1.82, 2.24) is 4.90 Å². The van der Waals surface area contributed by atoms with E-state index in [0.29, 0.717) is 18.4 Å². The Morgan fingerprint density at radius 1 is 1.05 bits per heavy atom. The summed E-state index contributed by atoms with van der Waals surface area (Å²) in [4.78, 5) is 13.9. The highest BCUT2D eigenvalue weighted by molar-refractivity contribution is 5.80. The summed E-state index contributed by atoms with van der Waals surface area (Å²) in [5, 5.41) is 8.67. The van der Waals surface area contributed by atoms with Gasteiger partial charge in [-0.15, -0.1) is 0 Å². The molecule has 0 saturated carbocycles.